The number of hydrogen-bond acceptors (Lipinski definition) is 5. The van der Waals surface area contributed by atoms with Crippen LogP contribution in [0.5, 0.6) is 5.75 Å². The average molecular weight is 418 g/mol. The van der Waals surface area contributed by atoms with Gasteiger partial charge in [0.05, 0.1) is 31.3 Å². The van der Waals surface area contributed by atoms with E-state index in [1.54, 1.807) is 0 Å². The van der Waals surface area contributed by atoms with Gasteiger partial charge < -0.3 is 14.8 Å². The lowest BCUT2D eigenvalue weighted by Gasteiger charge is -2.23. The third-order valence-electron chi connectivity index (χ3n) is 6.17. The number of nitrogens with one attached hydrogen (secondary N) is 1. The van der Waals surface area contributed by atoms with Crippen molar-refractivity contribution in [3.8, 4) is 5.75 Å². The number of aromatic nitrogens is 1. The lowest BCUT2D eigenvalue weighted by Crippen LogP contribution is -2.45. The molecule has 160 valence electrons. The van der Waals surface area contributed by atoms with Crippen molar-refractivity contribution in [3.63, 3.8) is 0 Å². The molecule has 6 heteroatoms. The van der Waals surface area contributed by atoms with Gasteiger partial charge in [-0.25, -0.2) is 0 Å². The van der Waals surface area contributed by atoms with Crippen molar-refractivity contribution in [2.75, 3.05) is 32.9 Å². The molecule has 5 rings (SSSR count). The first kappa shape index (κ1) is 20.0. The summed E-state index contributed by atoms with van der Waals surface area (Å²) in [5.74, 6) is 1.21. The Balaban J connectivity index is 1.22. The second-order valence-corrected chi connectivity index (χ2v) is 8.33. The fraction of sp³-hybridized carbons (Fsp3) is 0.360. The highest BCUT2D eigenvalue weighted by atomic mass is 16.5. The van der Waals surface area contributed by atoms with Crippen LogP contribution in [0.3, 0.4) is 0 Å². The highest BCUT2D eigenvalue weighted by Gasteiger charge is 2.30. The van der Waals surface area contributed by atoms with E-state index in [0.717, 1.165) is 36.3 Å². The van der Waals surface area contributed by atoms with Gasteiger partial charge in [-0.3, -0.25) is 14.7 Å². The third kappa shape index (κ3) is 4.55. The third-order valence-corrected chi connectivity index (χ3v) is 6.17. The van der Waals surface area contributed by atoms with Crippen LogP contribution in [0.15, 0.2) is 60.8 Å². The molecule has 0 radical (unpaired) electrons. The van der Waals surface area contributed by atoms with Gasteiger partial charge in [-0.2, -0.15) is 0 Å². The van der Waals surface area contributed by atoms with Crippen LogP contribution in [0.1, 0.15) is 11.1 Å². The molecule has 1 N–H and O–H groups in total. The Labute approximate surface area is 182 Å². The minimum atomic E-state index is 0.0231. The zero-order valence-electron chi connectivity index (χ0n) is 17.5. The quantitative estimate of drug-likeness (QED) is 0.692. The van der Waals surface area contributed by atoms with Crippen molar-refractivity contribution >= 4 is 16.8 Å². The number of hydrogen-bond donors (Lipinski definition) is 1. The van der Waals surface area contributed by atoms with Gasteiger partial charge in [0.1, 0.15) is 12.4 Å². The monoisotopic (exact) mass is 417 g/mol. The summed E-state index contributed by atoms with van der Waals surface area (Å²) in [6, 6.07) is 18.3. The van der Waals surface area contributed by atoms with Crippen LogP contribution in [0.2, 0.25) is 0 Å². The fourth-order valence-corrected chi connectivity index (χ4v) is 4.55. The number of carbonyl (C=O) groups excluding carboxylic acids is 1. The Bertz CT molecular complexity index is 1070. The van der Waals surface area contributed by atoms with Crippen molar-refractivity contribution in [1.29, 1.82) is 0 Å². The molecule has 1 aromatic heterocycles. The van der Waals surface area contributed by atoms with E-state index in [9.17, 15) is 4.79 Å². The Kier molecular flexibility index (Phi) is 5.82. The predicted molar refractivity (Wildman–Crippen MR) is 119 cm³/mol. The summed E-state index contributed by atoms with van der Waals surface area (Å²) in [5.41, 5.74) is 3.38. The molecule has 0 unspecified atom stereocenters. The number of benzene rings is 2. The van der Waals surface area contributed by atoms with Gasteiger partial charge in [0.25, 0.3) is 0 Å². The highest BCUT2D eigenvalue weighted by molar-refractivity contribution is 5.82. The SMILES string of the molecule is O=C(CN1CCOc2ccccc2C1)N[C@H]1COC[C@H]1Cc1ccnc2ccccc12. The van der Waals surface area contributed by atoms with Crippen LogP contribution in [-0.2, 0) is 22.5 Å². The molecule has 2 atom stereocenters. The first-order valence-electron chi connectivity index (χ1n) is 10.9. The van der Waals surface area contributed by atoms with Gasteiger partial charge in [-0.15, -0.1) is 0 Å². The number of para-hydroxylation sites is 2. The van der Waals surface area contributed by atoms with Gasteiger partial charge in [-0.1, -0.05) is 36.4 Å². The molecule has 1 saturated heterocycles. The maximum absolute atomic E-state index is 12.8. The fourth-order valence-electron chi connectivity index (χ4n) is 4.55. The zero-order chi connectivity index (χ0) is 21.0. The minimum absolute atomic E-state index is 0.0231. The second kappa shape index (κ2) is 9.04. The summed E-state index contributed by atoms with van der Waals surface area (Å²) < 4.78 is 11.6. The summed E-state index contributed by atoms with van der Waals surface area (Å²) >= 11 is 0. The molecule has 6 nitrogen and oxygen atoms in total. The van der Waals surface area contributed by atoms with Crippen LogP contribution in [0, 0.1) is 5.92 Å². The van der Waals surface area contributed by atoms with E-state index in [2.05, 4.69) is 33.4 Å². The molecule has 0 spiro atoms. The number of rotatable bonds is 5. The Morgan fingerprint density at radius 1 is 1.10 bits per heavy atom. The summed E-state index contributed by atoms with van der Waals surface area (Å²) in [7, 11) is 0. The summed E-state index contributed by atoms with van der Waals surface area (Å²) in [6.07, 6.45) is 2.72. The van der Waals surface area contributed by atoms with Crippen LogP contribution in [0.25, 0.3) is 10.9 Å². The van der Waals surface area contributed by atoms with E-state index in [1.807, 2.05) is 42.6 Å². The van der Waals surface area contributed by atoms with E-state index in [4.69, 9.17) is 9.47 Å². The summed E-state index contributed by atoms with van der Waals surface area (Å²) in [6.45, 7) is 3.62. The van der Waals surface area contributed by atoms with E-state index in [-0.39, 0.29) is 17.9 Å². The normalized spacial score (nSPS) is 21.3. The minimum Gasteiger partial charge on any atom is -0.492 e. The number of pyridine rings is 1. The van der Waals surface area contributed by atoms with Gasteiger partial charge in [-0.05, 0) is 30.2 Å². The summed E-state index contributed by atoms with van der Waals surface area (Å²) in [5, 5.41) is 4.40. The van der Waals surface area contributed by atoms with E-state index >= 15 is 0 Å². The van der Waals surface area contributed by atoms with Crippen LogP contribution >= 0.6 is 0 Å². The van der Waals surface area contributed by atoms with Gasteiger partial charge in [0, 0.05) is 36.2 Å². The van der Waals surface area contributed by atoms with Crippen molar-refractivity contribution in [2.24, 2.45) is 5.92 Å². The van der Waals surface area contributed by atoms with Crippen molar-refractivity contribution in [1.82, 2.24) is 15.2 Å². The Morgan fingerprint density at radius 3 is 2.94 bits per heavy atom. The largest absolute Gasteiger partial charge is 0.492 e. The maximum atomic E-state index is 12.8. The molecular weight excluding hydrogens is 390 g/mol. The van der Waals surface area contributed by atoms with E-state index in [1.165, 1.54) is 10.9 Å². The lowest BCUT2D eigenvalue weighted by molar-refractivity contribution is -0.123. The first-order valence-corrected chi connectivity index (χ1v) is 10.9. The number of amides is 1. The molecule has 2 aliphatic rings. The van der Waals surface area contributed by atoms with E-state index < -0.39 is 0 Å². The van der Waals surface area contributed by atoms with Gasteiger partial charge in [0.2, 0.25) is 5.91 Å². The number of ether oxygens (including phenoxy) is 2. The van der Waals surface area contributed by atoms with Crippen molar-refractivity contribution in [3.05, 3.63) is 71.9 Å². The molecular formula is C25H27N3O3. The molecule has 3 heterocycles. The second-order valence-electron chi connectivity index (χ2n) is 8.33. The molecule has 0 bridgehead atoms. The van der Waals surface area contributed by atoms with Crippen molar-refractivity contribution < 1.29 is 14.3 Å². The molecule has 0 aliphatic carbocycles. The average Bonchev–Trinajstić information content (AvgIpc) is 3.10. The lowest BCUT2D eigenvalue weighted by atomic mass is 9.93. The predicted octanol–water partition coefficient (Wildman–Crippen LogP) is 2.80. The molecule has 0 saturated carbocycles. The smallest absolute Gasteiger partial charge is 0.234 e. The van der Waals surface area contributed by atoms with Gasteiger partial charge in [0.15, 0.2) is 0 Å². The van der Waals surface area contributed by atoms with Gasteiger partial charge >= 0.3 is 0 Å². The number of fused-ring (bicyclic) bond motifs is 2. The standard InChI is InChI=1S/C25H27N3O3/c29-25(15-28-11-12-31-24-8-4-1-5-19(24)14-28)27-23-17-30-16-20(23)13-18-9-10-26-22-7-3-2-6-21(18)22/h1-10,20,23H,11-17H2,(H,27,29)/t20-,23+/m1/s1. The van der Waals surface area contributed by atoms with Crippen LogP contribution in [-0.4, -0.2) is 54.7 Å². The molecule has 31 heavy (non-hydrogen) atoms. The van der Waals surface area contributed by atoms with Crippen molar-refractivity contribution in [2.45, 2.75) is 19.0 Å². The zero-order valence-corrected chi connectivity index (χ0v) is 17.5. The number of nitrogens with zero attached hydrogens (tertiary/aromatic N) is 2. The summed E-state index contributed by atoms with van der Waals surface area (Å²) in [4.78, 5) is 19.4. The number of carbonyl (C=O) groups is 1. The van der Waals surface area contributed by atoms with Crippen LogP contribution < -0.4 is 10.1 Å². The van der Waals surface area contributed by atoms with E-state index in [0.29, 0.717) is 26.4 Å². The Morgan fingerprint density at radius 2 is 1.97 bits per heavy atom. The molecule has 3 aromatic rings. The molecule has 1 amide bonds. The maximum Gasteiger partial charge on any atom is 0.234 e. The molecule has 2 aliphatic heterocycles. The Hall–Kier alpha value is -2.96. The molecule has 1 fully saturated rings. The topological polar surface area (TPSA) is 63.7 Å². The van der Waals surface area contributed by atoms with Crippen LogP contribution in [0.4, 0.5) is 0 Å². The first-order chi connectivity index (χ1) is 15.3. The highest BCUT2D eigenvalue weighted by Crippen LogP contribution is 2.25. The molecule has 2 aromatic carbocycles.